The number of carbonyl (C=O) groups is 1. The number of benzene rings is 1. The topological polar surface area (TPSA) is 47.4 Å². The quantitative estimate of drug-likeness (QED) is 0.712. The summed E-state index contributed by atoms with van der Waals surface area (Å²) in [5, 5.41) is 1.01. The number of pyridine rings is 1. The fourth-order valence-corrected chi connectivity index (χ4v) is 3.75. The highest BCUT2D eigenvalue weighted by Crippen LogP contribution is 2.28. The van der Waals surface area contributed by atoms with Gasteiger partial charge in [-0.25, -0.2) is 0 Å². The Morgan fingerprint density at radius 3 is 2.85 bits per heavy atom. The molecule has 26 heavy (non-hydrogen) atoms. The number of para-hydroxylation sites is 1. The predicted molar refractivity (Wildman–Crippen MR) is 101 cm³/mol. The van der Waals surface area contributed by atoms with E-state index in [0.29, 0.717) is 19.7 Å². The van der Waals surface area contributed by atoms with E-state index in [1.807, 2.05) is 56.1 Å². The maximum atomic E-state index is 13.3. The molecule has 134 valence electrons. The minimum Gasteiger partial charge on any atom is -0.370 e. The van der Waals surface area contributed by atoms with Crippen LogP contribution in [0.15, 0.2) is 42.6 Å². The maximum Gasteiger partial charge on any atom is 0.256 e. The Hall–Kier alpha value is -2.66. The molecular weight excluding hydrogens is 326 g/mol. The monoisotopic (exact) mass is 349 g/mol. The van der Waals surface area contributed by atoms with Crippen LogP contribution in [0.25, 0.3) is 10.9 Å². The van der Waals surface area contributed by atoms with Crippen molar-refractivity contribution in [2.24, 2.45) is 7.05 Å². The molecule has 0 aliphatic carbocycles. The number of hydrogen-bond acceptors (Lipinski definition) is 3. The number of aromatic nitrogens is 2. The van der Waals surface area contributed by atoms with Crippen LogP contribution in [0.2, 0.25) is 0 Å². The number of carbonyl (C=O) groups excluding carboxylic acids is 1. The highest BCUT2D eigenvalue weighted by Gasteiger charge is 2.29. The van der Waals surface area contributed by atoms with Crippen molar-refractivity contribution in [3.05, 3.63) is 65.1 Å². The predicted octanol–water partition coefficient (Wildman–Crippen LogP) is 3.40. The molecule has 0 bridgehead atoms. The number of fused-ring (bicyclic) bond motifs is 1. The summed E-state index contributed by atoms with van der Waals surface area (Å²) in [6.07, 6.45) is 1.69. The van der Waals surface area contributed by atoms with E-state index in [0.717, 1.165) is 33.4 Å². The summed E-state index contributed by atoms with van der Waals surface area (Å²) >= 11 is 0. The average Bonchev–Trinajstić information content (AvgIpc) is 2.92. The molecule has 1 aliphatic heterocycles. The summed E-state index contributed by atoms with van der Waals surface area (Å²) in [5.41, 5.74) is 4.92. The minimum atomic E-state index is -0.107. The van der Waals surface area contributed by atoms with Crippen LogP contribution in [0.5, 0.6) is 0 Å². The van der Waals surface area contributed by atoms with E-state index in [1.54, 1.807) is 6.20 Å². The third-order valence-corrected chi connectivity index (χ3v) is 5.26. The molecule has 0 spiro atoms. The third kappa shape index (κ3) is 2.78. The van der Waals surface area contributed by atoms with Gasteiger partial charge in [-0.3, -0.25) is 9.78 Å². The van der Waals surface area contributed by atoms with Gasteiger partial charge in [0.1, 0.15) is 6.10 Å². The van der Waals surface area contributed by atoms with Crippen LogP contribution < -0.4 is 0 Å². The largest absolute Gasteiger partial charge is 0.370 e. The van der Waals surface area contributed by atoms with Gasteiger partial charge in [-0.1, -0.05) is 18.2 Å². The van der Waals surface area contributed by atoms with Gasteiger partial charge < -0.3 is 14.2 Å². The Morgan fingerprint density at radius 2 is 2.04 bits per heavy atom. The van der Waals surface area contributed by atoms with Crippen LogP contribution in [0.3, 0.4) is 0 Å². The molecule has 3 heterocycles. The zero-order valence-corrected chi connectivity index (χ0v) is 15.4. The molecule has 0 unspecified atom stereocenters. The van der Waals surface area contributed by atoms with E-state index >= 15 is 0 Å². The van der Waals surface area contributed by atoms with Crippen molar-refractivity contribution in [1.82, 2.24) is 14.5 Å². The van der Waals surface area contributed by atoms with Gasteiger partial charge in [-0.15, -0.1) is 0 Å². The summed E-state index contributed by atoms with van der Waals surface area (Å²) < 4.78 is 8.02. The van der Waals surface area contributed by atoms with E-state index in [2.05, 4.69) is 15.6 Å². The molecule has 3 aromatic rings. The molecule has 1 saturated heterocycles. The average molecular weight is 349 g/mol. The maximum absolute atomic E-state index is 13.3. The van der Waals surface area contributed by atoms with Gasteiger partial charge in [0.15, 0.2) is 0 Å². The van der Waals surface area contributed by atoms with E-state index < -0.39 is 0 Å². The minimum absolute atomic E-state index is 0.0818. The number of hydrogen-bond donors (Lipinski definition) is 0. The SMILES string of the molecule is Cc1cc([C@H]2CN(C(=O)c3c(C)n(C)c4ccccc34)CCO2)ccn1. The van der Waals surface area contributed by atoms with Crippen molar-refractivity contribution < 1.29 is 9.53 Å². The Bertz CT molecular complexity index is 977. The molecular formula is C21H23N3O2. The molecule has 0 radical (unpaired) electrons. The Morgan fingerprint density at radius 1 is 1.23 bits per heavy atom. The lowest BCUT2D eigenvalue weighted by Gasteiger charge is -2.33. The normalized spacial score (nSPS) is 17.7. The third-order valence-electron chi connectivity index (χ3n) is 5.26. The van der Waals surface area contributed by atoms with Crippen LogP contribution >= 0.6 is 0 Å². The first-order valence-electron chi connectivity index (χ1n) is 8.93. The number of amides is 1. The smallest absolute Gasteiger partial charge is 0.256 e. The summed E-state index contributed by atoms with van der Waals surface area (Å²) in [7, 11) is 2.01. The molecule has 2 aromatic heterocycles. The number of nitrogens with zero attached hydrogens (tertiary/aromatic N) is 3. The standard InChI is InChI=1S/C21H23N3O2/c1-14-12-16(8-9-22-14)19-13-24(10-11-26-19)21(25)20-15(2)23(3)18-7-5-4-6-17(18)20/h4-9,12,19H,10-11,13H2,1-3H3/t19-/m1/s1. The number of ether oxygens (including phenoxy) is 1. The first kappa shape index (κ1) is 16.8. The summed E-state index contributed by atoms with van der Waals surface area (Å²) in [5.74, 6) is 0.0818. The lowest BCUT2D eigenvalue weighted by Crippen LogP contribution is -2.42. The molecule has 0 saturated carbocycles. The molecule has 5 heteroatoms. The first-order valence-corrected chi connectivity index (χ1v) is 8.93. The van der Waals surface area contributed by atoms with E-state index in [1.165, 1.54) is 0 Å². The van der Waals surface area contributed by atoms with Crippen LogP contribution in [0.4, 0.5) is 0 Å². The van der Waals surface area contributed by atoms with Crippen molar-refractivity contribution >= 4 is 16.8 Å². The van der Waals surface area contributed by atoms with Crippen LogP contribution in [0, 0.1) is 13.8 Å². The van der Waals surface area contributed by atoms with E-state index in [4.69, 9.17) is 4.74 Å². The van der Waals surface area contributed by atoms with Gasteiger partial charge in [0.2, 0.25) is 0 Å². The number of aryl methyl sites for hydroxylation is 2. The zero-order valence-electron chi connectivity index (χ0n) is 15.4. The van der Waals surface area contributed by atoms with Crippen LogP contribution in [-0.2, 0) is 11.8 Å². The molecule has 1 aliphatic rings. The first-order chi connectivity index (χ1) is 12.6. The van der Waals surface area contributed by atoms with Crippen molar-refractivity contribution in [3.63, 3.8) is 0 Å². The molecule has 1 atom stereocenters. The van der Waals surface area contributed by atoms with E-state index in [9.17, 15) is 4.79 Å². The summed E-state index contributed by atoms with van der Waals surface area (Å²) in [6.45, 7) is 5.70. The zero-order chi connectivity index (χ0) is 18.3. The molecule has 4 rings (SSSR count). The second kappa shape index (κ2) is 6.57. The van der Waals surface area contributed by atoms with Gasteiger partial charge in [0.05, 0.1) is 18.7 Å². The van der Waals surface area contributed by atoms with Crippen molar-refractivity contribution in [3.8, 4) is 0 Å². The van der Waals surface area contributed by atoms with Crippen molar-refractivity contribution in [2.45, 2.75) is 20.0 Å². The molecule has 1 fully saturated rings. The van der Waals surface area contributed by atoms with Gasteiger partial charge in [0, 0.05) is 42.1 Å². The number of rotatable bonds is 2. The Kier molecular flexibility index (Phi) is 4.24. The number of morpholine rings is 1. The highest BCUT2D eigenvalue weighted by molar-refractivity contribution is 6.08. The summed E-state index contributed by atoms with van der Waals surface area (Å²) in [4.78, 5) is 19.5. The van der Waals surface area contributed by atoms with Gasteiger partial charge in [-0.05, 0) is 37.6 Å². The second-order valence-corrected chi connectivity index (χ2v) is 6.88. The Labute approximate surface area is 153 Å². The van der Waals surface area contributed by atoms with E-state index in [-0.39, 0.29) is 12.0 Å². The fraction of sp³-hybridized carbons (Fsp3) is 0.333. The van der Waals surface area contributed by atoms with Crippen LogP contribution in [-0.4, -0.2) is 40.1 Å². The highest BCUT2D eigenvalue weighted by atomic mass is 16.5. The molecule has 1 amide bonds. The van der Waals surface area contributed by atoms with Crippen molar-refractivity contribution in [2.75, 3.05) is 19.7 Å². The summed E-state index contributed by atoms with van der Waals surface area (Å²) in [6, 6.07) is 12.1. The molecule has 0 N–H and O–H groups in total. The fourth-order valence-electron chi connectivity index (χ4n) is 3.75. The lowest BCUT2D eigenvalue weighted by atomic mass is 10.1. The van der Waals surface area contributed by atoms with Gasteiger partial charge in [0.25, 0.3) is 5.91 Å². The Balaban J connectivity index is 1.66. The van der Waals surface area contributed by atoms with Crippen LogP contribution in [0.1, 0.15) is 33.4 Å². The molecule has 5 nitrogen and oxygen atoms in total. The second-order valence-electron chi connectivity index (χ2n) is 6.88. The van der Waals surface area contributed by atoms with Gasteiger partial charge in [-0.2, -0.15) is 0 Å². The van der Waals surface area contributed by atoms with Crippen molar-refractivity contribution in [1.29, 1.82) is 0 Å². The lowest BCUT2D eigenvalue weighted by molar-refractivity contribution is -0.0228. The van der Waals surface area contributed by atoms with Gasteiger partial charge >= 0.3 is 0 Å². The molecule has 1 aromatic carbocycles.